The predicted octanol–water partition coefficient (Wildman–Crippen LogP) is 2.38. The van der Waals surface area contributed by atoms with Crippen LogP contribution in [0.15, 0.2) is 30.3 Å². The lowest BCUT2D eigenvalue weighted by Gasteiger charge is -2.10. The zero-order valence-corrected chi connectivity index (χ0v) is 13.7. The van der Waals surface area contributed by atoms with Gasteiger partial charge in [-0.25, -0.2) is 9.78 Å². The van der Waals surface area contributed by atoms with Gasteiger partial charge in [-0.2, -0.15) is 4.98 Å². The predicted molar refractivity (Wildman–Crippen MR) is 91.2 cm³/mol. The first-order valence-corrected chi connectivity index (χ1v) is 7.85. The summed E-state index contributed by atoms with van der Waals surface area (Å²) in [6.07, 6.45) is 2.14. The number of hydrogen-bond donors (Lipinski definition) is 3. The van der Waals surface area contributed by atoms with Crippen LogP contribution in [0.1, 0.15) is 34.8 Å². The van der Waals surface area contributed by atoms with Crippen molar-refractivity contribution in [3.8, 4) is 0 Å². The van der Waals surface area contributed by atoms with Crippen LogP contribution in [0.5, 0.6) is 0 Å². The summed E-state index contributed by atoms with van der Waals surface area (Å²) < 4.78 is 4.67. The number of nitrogens with one attached hydrogen (secondary N) is 2. The zero-order chi connectivity index (χ0) is 17.8. The van der Waals surface area contributed by atoms with Crippen LogP contribution < -0.4 is 10.6 Å². The molecule has 1 aliphatic rings. The monoisotopic (exact) mass is 342 g/mol. The number of ether oxygens (including phenoxy) is 1. The molecule has 1 aliphatic carbocycles. The van der Waals surface area contributed by atoms with Gasteiger partial charge in [-0.1, -0.05) is 0 Å². The van der Waals surface area contributed by atoms with E-state index in [-0.39, 0.29) is 12.5 Å². The van der Waals surface area contributed by atoms with Crippen LogP contribution in [-0.4, -0.2) is 40.7 Å². The van der Waals surface area contributed by atoms with Crippen molar-refractivity contribution in [3.05, 3.63) is 41.6 Å². The molecule has 0 radical (unpaired) electrons. The molecule has 2 aromatic rings. The summed E-state index contributed by atoms with van der Waals surface area (Å²) in [7, 11) is 1.33. The second kappa shape index (κ2) is 7.16. The summed E-state index contributed by atoms with van der Waals surface area (Å²) in [5, 5.41) is 14.6. The smallest absolute Gasteiger partial charge is 0.337 e. The summed E-state index contributed by atoms with van der Waals surface area (Å²) in [5.41, 5.74) is 2.09. The second-order valence-corrected chi connectivity index (χ2v) is 5.72. The Morgan fingerprint density at radius 3 is 2.56 bits per heavy atom. The van der Waals surface area contributed by atoms with Gasteiger partial charge in [-0.15, -0.1) is 0 Å². The number of methoxy groups -OCH3 is 1. The van der Waals surface area contributed by atoms with Gasteiger partial charge >= 0.3 is 11.9 Å². The maximum absolute atomic E-state index is 11.5. The molecule has 0 amide bonds. The standard InChI is InChI=1S/C17H18N4O4/c1-25-16(24)11-4-6-12(7-5-11)19-14-8-13(10-2-3-10)20-17(21-14)18-9-15(22)23/h4-8,10H,2-3,9H2,1H3,(H,22,23)(H2,18,19,20,21). The Hall–Kier alpha value is -3.16. The highest BCUT2D eigenvalue weighted by molar-refractivity contribution is 5.89. The topological polar surface area (TPSA) is 113 Å². The summed E-state index contributed by atoms with van der Waals surface area (Å²) in [4.78, 5) is 30.8. The van der Waals surface area contributed by atoms with Crippen molar-refractivity contribution in [1.29, 1.82) is 0 Å². The number of rotatable bonds is 7. The molecule has 1 saturated carbocycles. The van der Waals surface area contributed by atoms with Crippen molar-refractivity contribution in [3.63, 3.8) is 0 Å². The van der Waals surface area contributed by atoms with E-state index in [4.69, 9.17) is 5.11 Å². The maximum Gasteiger partial charge on any atom is 0.337 e. The van der Waals surface area contributed by atoms with Crippen LogP contribution in [0.3, 0.4) is 0 Å². The molecule has 130 valence electrons. The maximum atomic E-state index is 11.5. The van der Waals surface area contributed by atoms with Gasteiger partial charge in [0.1, 0.15) is 12.4 Å². The lowest BCUT2D eigenvalue weighted by atomic mass is 10.2. The molecule has 3 N–H and O–H groups in total. The van der Waals surface area contributed by atoms with Gasteiger partial charge in [0.15, 0.2) is 0 Å². The molecule has 0 bridgehead atoms. The number of carbonyl (C=O) groups excluding carboxylic acids is 1. The number of carboxylic acid groups (broad SMARTS) is 1. The Kier molecular flexibility index (Phi) is 4.78. The van der Waals surface area contributed by atoms with Crippen LogP contribution >= 0.6 is 0 Å². The first-order valence-electron chi connectivity index (χ1n) is 7.85. The Morgan fingerprint density at radius 1 is 1.24 bits per heavy atom. The number of benzene rings is 1. The number of hydrogen-bond acceptors (Lipinski definition) is 7. The number of carboxylic acids is 1. The van der Waals surface area contributed by atoms with Gasteiger partial charge < -0.3 is 20.5 Å². The molecule has 1 fully saturated rings. The third-order valence-electron chi connectivity index (χ3n) is 3.72. The van der Waals surface area contributed by atoms with Crippen molar-refractivity contribution in [1.82, 2.24) is 9.97 Å². The molecule has 3 rings (SSSR count). The van der Waals surface area contributed by atoms with Crippen molar-refractivity contribution < 1.29 is 19.4 Å². The fourth-order valence-electron chi connectivity index (χ4n) is 2.31. The second-order valence-electron chi connectivity index (χ2n) is 5.72. The van der Waals surface area contributed by atoms with Gasteiger partial charge in [-0.3, -0.25) is 4.79 Å². The molecule has 8 nitrogen and oxygen atoms in total. The Balaban J connectivity index is 1.78. The van der Waals surface area contributed by atoms with Crippen molar-refractivity contribution in [2.45, 2.75) is 18.8 Å². The molecule has 25 heavy (non-hydrogen) atoms. The summed E-state index contributed by atoms with van der Waals surface area (Å²) in [6, 6.07) is 8.66. The van der Waals surface area contributed by atoms with Gasteiger partial charge in [0.2, 0.25) is 5.95 Å². The van der Waals surface area contributed by atoms with E-state index in [1.54, 1.807) is 24.3 Å². The van der Waals surface area contributed by atoms with Gasteiger partial charge in [0.05, 0.1) is 18.4 Å². The number of aromatic nitrogens is 2. The van der Waals surface area contributed by atoms with E-state index in [1.807, 2.05) is 6.07 Å². The van der Waals surface area contributed by atoms with Crippen LogP contribution in [0, 0.1) is 0 Å². The highest BCUT2D eigenvalue weighted by Gasteiger charge is 2.26. The van der Waals surface area contributed by atoms with E-state index in [9.17, 15) is 9.59 Å². The number of nitrogens with zero attached hydrogens (tertiary/aromatic N) is 2. The molecule has 1 heterocycles. The minimum absolute atomic E-state index is 0.249. The average Bonchev–Trinajstić information content (AvgIpc) is 3.45. The third-order valence-corrected chi connectivity index (χ3v) is 3.72. The van der Waals surface area contributed by atoms with E-state index < -0.39 is 11.9 Å². The van der Waals surface area contributed by atoms with Gasteiger partial charge in [0, 0.05) is 17.7 Å². The molecular weight excluding hydrogens is 324 g/mol. The minimum Gasteiger partial charge on any atom is -0.480 e. The quantitative estimate of drug-likeness (QED) is 0.657. The van der Waals surface area contributed by atoms with E-state index >= 15 is 0 Å². The normalized spacial score (nSPS) is 13.2. The first-order chi connectivity index (χ1) is 12.0. The molecule has 1 aromatic heterocycles. The average molecular weight is 342 g/mol. The molecule has 0 saturated heterocycles. The number of esters is 1. The highest BCUT2D eigenvalue weighted by Crippen LogP contribution is 2.40. The third kappa shape index (κ3) is 4.43. The van der Waals surface area contributed by atoms with E-state index in [0.717, 1.165) is 24.2 Å². The van der Waals surface area contributed by atoms with Crippen LogP contribution in [0.2, 0.25) is 0 Å². The molecule has 0 aliphatic heterocycles. The largest absolute Gasteiger partial charge is 0.480 e. The lowest BCUT2D eigenvalue weighted by Crippen LogP contribution is -2.15. The summed E-state index contributed by atoms with van der Waals surface area (Å²) in [5.74, 6) is -0.134. The van der Waals surface area contributed by atoms with Crippen LogP contribution in [-0.2, 0) is 9.53 Å². The SMILES string of the molecule is COC(=O)c1ccc(Nc2cc(C3CC3)nc(NCC(=O)O)n2)cc1. The highest BCUT2D eigenvalue weighted by atomic mass is 16.5. The lowest BCUT2D eigenvalue weighted by molar-refractivity contribution is -0.134. The Labute approximate surface area is 144 Å². The molecule has 1 aromatic carbocycles. The van der Waals surface area contributed by atoms with Crippen molar-refractivity contribution in [2.75, 3.05) is 24.3 Å². The minimum atomic E-state index is -0.978. The fraction of sp³-hybridized carbons (Fsp3) is 0.294. The summed E-state index contributed by atoms with van der Waals surface area (Å²) >= 11 is 0. The van der Waals surface area contributed by atoms with E-state index in [1.165, 1.54) is 7.11 Å². The molecule has 0 atom stereocenters. The van der Waals surface area contributed by atoms with E-state index in [2.05, 4.69) is 25.3 Å². The first kappa shape index (κ1) is 16.7. The Bertz CT molecular complexity index is 788. The number of aliphatic carboxylic acids is 1. The van der Waals surface area contributed by atoms with Crippen LogP contribution in [0.4, 0.5) is 17.5 Å². The molecule has 8 heteroatoms. The van der Waals surface area contributed by atoms with Crippen LogP contribution in [0.25, 0.3) is 0 Å². The zero-order valence-electron chi connectivity index (χ0n) is 13.7. The molecular formula is C17H18N4O4. The fourth-order valence-corrected chi connectivity index (χ4v) is 2.31. The van der Waals surface area contributed by atoms with Gasteiger partial charge in [-0.05, 0) is 37.1 Å². The summed E-state index contributed by atoms with van der Waals surface area (Å²) in [6.45, 7) is -0.249. The number of carbonyl (C=O) groups is 2. The Morgan fingerprint density at radius 2 is 1.96 bits per heavy atom. The van der Waals surface area contributed by atoms with E-state index in [0.29, 0.717) is 17.3 Å². The van der Waals surface area contributed by atoms with Crippen molar-refractivity contribution >= 4 is 29.4 Å². The van der Waals surface area contributed by atoms with Crippen molar-refractivity contribution in [2.24, 2.45) is 0 Å². The number of anilines is 3. The van der Waals surface area contributed by atoms with Gasteiger partial charge in [0.25, 0.3) is 0 Å². The molecule has 0 unspecified atom stereocenters. The molecule has 0 spiro atoms.